The van der Waals surface area contributed by atoms with Crippen molar-refractivity contribution in [2.45, 2.75) is 0 Å². The fraction of sp³-hybridized carbons (Fsp3) is 0. The van der Waals surface area contributed by atoms with Crippen molar-refractivity contribution >= 4 is 21.5 Å². The number of hydrogen-bond acceptors (Lipinski definition) is 1. The maximum Gasteiger partial charge on any atom is 0.123 e. The Kier molecular flexibility index (Phi) is 2.65. The third-order valence-corrected chi connectivity index (χ3v) is 3.98. The van der Waals surface area contributed by atoms with Crippen LogP contribution in [0.3, 0.4) is 0 Å². The quantitative estimate of drug-likeness (QED) is 0.461. The van der Waals surface area contributed by atoms with Crippen LogP contribution in [-0.2, 0) is 0 Å². The van der Waals surface area contributed by atoms with Crippen molar-refractivity contribution in [1.82, 2.24) is 0 Å². The molecule has 0 heterocycles. The second-order valence-corrected chi connectivity index (χ2v) is 5.20. The van der Waals surface area contributed by atoms with Crippen molar-refractivity contribution in [2.75, 3.05) is 0 Å². The smallest absolute Gasteiger partial charge is 0.123 e. The van der Waals surface area contributed by atoms with E-state index < -0.39 is 0 Å². The molecule has 0 aliphatic heterocycles. The van der Waals surface area contributed by atoms with Crippen LogP contribution in [0, 0.1) is 0 Å². The minimum atomic E-state index is 0.318. The Morgan fingerprint density at radius 3 is 2.10 bits per heavy atom. The van der Waals surface area contributed by atoms with Crippen molar-refractivity contribution in [3.63, 3.8) is 0 Å². The van der Waals surface area contributed by atoms with Gasteiger partial charge < -0.3 is 5.11 Å². The summed E-state index contributed by atoms with van der Waals surface area (Å²) in [6, 6.07) is 26.4. The molecule has 0 fully saturated rings. The van der Waals surface area contributed by atoms with Gasteiger partial charge in [-0.3, -0.25) is 0 Å². The highest BCUT2D eigenvalue weighted by atomic mass is 16.3. The van der Waals surface area contributed by atoms with Crippen LogP contribution in [0.25, 0.3) is 32.7 Å². The van der Waals surface area contributed by atoms with E-state index in [-0.39, 0.29) is 0 Å². The topological polar surface area (TPSA) is 20.2 Å². The number of para-hydroxylation sites is 1. The van der Waals surface area contributed by atoms with Gasteiger partial charge in [-0.25, -0.2) is 0 Å². The lowest BCUT2D eigenvalue weighted by atomic mass is 9.94. The van der Waals surface area contributed by atoms with E-state index in [0.717, 1.165) is 16.5 Å². The van der Waals surface area contributed by atoms with Crippen LogP contribution in [0.2, 0.25) is 0 Å². The summed E-state index contributed by atoms with van der Waals surface area (Å²) in [4.78, 5) is 0. The number of benzene rings is 4. The molecule has 21 heavy (non-hydrogen) atoms. The molecule has 0 aliphatic rings. The first-order valence-corrected chi connectivity index (χ1v) is 7.03. The number of phenolic OH excluding ortho intramolecular Hbond substituents is 1. The van der Waals surface area contributed by atoms with Gasteiger partial charge >= 0.3 is 0 Å². The molecule has 0 radical (unpaired) electrons. The Bertz CT molecular complexity index is 954. The minimum Gasteiger partial charge on any atom is -0.507 e. The zero-order valence-electron chi connectivity index (χ0n) is 11.5. The van der Waals surface area contributed by atoms with Crippen molar-refractivity contribution in [3.8, 4) is 16.9 Å². The highest BCUT2D eigenvalue weighted by molar-refractivity contribution is 6.12. The normalized spacial score (nSPS) is 11.0. The van der Waals surface area contributed by atoms with E-state index >= 15 is 0 Å². The molecule has 0 aliphatic carbocycles. The first-order valence-electron chi connectivity index (χ1n) is 7.03. The molecule has 100 valence electrons. The Hall–Kier alpha value is -2.80. The lowest BCUT2D eigenvalue weighted by molar-refractivity contribution is 0.477. The number of rotatable bonds is 1. The van der Waals surface area contributed by atoms with Gasteiger partial charge in [0.25, 0.3) is 0 Å². The van der Waals surface area contributed by atoms with Crippen LogP contribution >= 0.6 is 0 Å². The first-order chi connectivity index (χ1) is 10.3. The van der Waals surface area contributed by atoms with Gasteiger partial charge in [0, 0.05) is 5.56 Å². The van der Waals surface area contributed by atoms with Gasteiger partial charge in [0.1, 0.15) is 5.75 Å². The monoisotopic (exact) mass is 270 g/mol. The van der Waals surface area contributed by atoms with Crippen LogP contribution in [0.5, 0.6) is 5.75 Å². The molecular weight excluding hydrogens is 256 g/mol. The van der Waals surface area contributed by atoms with Gasteiger partial charge in [-0.1, -0.05) is 72.8 Å². The van der Waals surface area contributed by atoms with E-state index in [9.17, 15) is 5.11 Å². The van der Waals surface area contributed by atoms with Crippen molar-refractivity contribution < 1.29 is 5.11 Å². The van der Waals surface area contributed by atoms with Crippen LogP contribution < -0.4 is 0 Å². The lowest BCUT2D eigenvalue weighted by Gasteiger charge is -2.10. The lowest BCUT2D eigenvalue weighted by Crippen LogP contribution is -1.83. The summed E-state index contributed by atoms with van der Waals surface area (Å²) in [5, 5.41) is 15.0. The van der Waals surface area contributed by atoms with Gasteiger partial charge in [0.15, 0.2) is 0 Å². The summed E-state index contributed by atoms with van der Waals surface area (Å²) in [5.41, 5.74) is 1.94. The first kappa shape index (κ1) is 12.0. The molecule has 0 bridgehead atoms. The second-order valence-electron chi connectivity index (χ2n) is 5.20. The summed E-state index contributed by atoms with van der Waals surface area (Å²) in [7, 11) is 0. The van der Waals surface area contributed by atoms with Crippen molar-refractivity contribution in [1.29, 1.82) is 0 Å². The molecule has 0 saturated heterocycles. The third kappa shape index (κ3) is 1.86. The highest BCUT2D eigenvalue weighted by Gasteiger charge is 2.08. The third-order valence-electron chi connectivity index (χ3n) is 3.98. The molecule has 0 spiro atoms. The maximum atomic E-state index is 10.1. The average Bonchev–Trinajstić information content (AvgIpc) is 2.55. The highest BCUT2D eigenvalue weighted by Crippen LogP contribution is 2.36. The molecule has 0 amide bonds. The Morgan fingerprint density at radius 1 is 0.476 bits per heavy atom. The number of aromatic hydroxyl groups is 1. The zero-order valence-corrected chi connectivity index (χ0v) is 11.5. The summed E-state index contributed by atoms with van der Waals surface area (Å²) < 4.78 is 0. The number of phenols is 1. The van der Waals surface area contributed by atoms with Gasteiger partial charge in [-0.05, 0) is 33.2 Å². The maximum absolute atomic E-state index is 10.1. The average molecular weight is 270 g/mol. The molecule has 1 nitrogen and oxygen atoms in total. The van der Waals surface area contributed by atoms with Crippen LogP contribution in [0.15, 0.2) is 78.9 Å². The van der Waals surface area contributed by atoms with Crippen LogP contribution in [0.4, 0.5) is 0 Å². The predicted molar refractivity (Wildman–Crippen MR) is 88.6 cm³/mol. The summed E-state index contributed by atoms with van der Waals surface area (Å²) in [5.74, 6) is 0.318. The molecule has 4 rings (SSSR count). The molecular formula is C20H14O. The summed E-state index contributed by atoms with van der Waals surface area (Å²) >= 11 is 0. The fourth-order valence-corrected chi connectivity index (χ4v) is 2.98. The Labute approximate surface area is 123 Å². The second kappa shape index (κ2) is 4.64. The van der Waals surface area contributed by atoms with Crippen LogP contribution in [0.1, 0.15) is 0 Å². The zero-order chi connectivity index (χ0) is 14.2. The summed E-state index contributed by atoms with van der Waals surface area (Å²) in [6.07, 6.45) is 0. The van der Waals surface area contributed by atoms with E-state index in [2.05, 4.69) is 54.6 Å². The summed E-state index contributed by atoms with van der Waals surface area (Å²) in [6.45, 7) is 0. The molecule has 1 heteroatoms. The Morgan fingerprint density at radius 2 is 1.19 bits per heavy atom. The molecule has 0 unspecified atom stereocenters. The van der Waals surface area contributed by atoms with Crippen molar-refractivity contribution in [2.24, 2.45) is 0 Å². The van der Waals surface area contributed by atoms with Gasteiger partial charge in [-0.2, -0.15) is 0 Å². The minimum absolute atomic E-state index is 0.318. The van der Waals surface area contributed by atoms with Gasteiger partial charge in [0.2, 0.25) is 0 Å². The van der Waals surface area contributed by atoms with E-state index in [1.165, 1.54) is 16.2 Å². The van der Waals surface area contributed by atoms with Gasteiger partial charge in [0.05, 0.1) is 0 Å². The number of fused-ring (bicyclic) bond motifs is 3. The predicted octanol–water partition coefficient (Wildman–Crippen LogP) is 5.37. The molecule has 0 aromatic heterocycles. The van der Waals surface area contributed by atoms with E-state index in [0.29, 0.717) is 5.75 Å². The molecule has 4 aromatic carbocycles. The SMILES string of the molecule is Oc1ccccc1-c1cccc2c1ccc1ccccc12. The fourth-order valence-electron chi connectivity index (χ4n) is 2.98. The van der Waals surface area contributed by atoms with E-state index in [1.54, 1.807) is 6.07 Å². The molecule has 1 N–H and O–H groups in total. The number of hydrogen-bond donors (Lipinski definition) is 1. The van der Waals surface area contributed by atoms with Crippen molar-refractivity contribution in [3.05, 3.63) is 78.9 Å². The Balaban J connectivity index is 2.12. The largest absolute Gasteiger partial charge is 0.507 e. The van der Waals surface area contributed by atoms with E-state index in [1.807, 2.05) is 18.2 Å². The molecule has 4 aromatic rings. The van der Waals surface area contributed by atoms with Gasteiger partial charge in [-0.15, -0.1) is 0 Å². The standard InChI is InChI=1S/C20H14O/c21-20-11-4-3-8-19(20)17-10-5-9-16-15-7-2-1-6-14(15)12-13-18(16)17/h1-13,21H. The van der Waals surface area contributed by atoms with E-state index in [4.69, 9.17) is 0 Å². The molecule has 0 atom stereocenters. The molecule has 0 saturated carbocycles. The van der Waals surface area contributed by atoms with Crippen LogP contribution in [-0.4, -0.2) is 5.11 Å².